The Balaban J connectivity index is 1.68. The number of hydrogen-bond donors (Lipinski definition) is 1. The van der Waals surface area contributed by atoms with E-state index in [2.05, 4.69) is 26.0 Å². The monoisotopic (exact) mass is 547 g/mol. The zero-order valence-electron chi connectivity index (χ0n) is 18.8. The minimum Gasteiger partial charge on any atom is -0.493 e. The van der Waals surface area contributed by atoms with Crippen LogP contribution in [0, 0.1) is 0 Å². The maximum absolute atomic E-state index is 13.5. The van der Waals surface area contributed by atoms with Gasteiger partial charge in [0.25, 0.3) is 5.56 Å². The van der Waals surface area contributed by atoms with Crippen LogP contribution in [0.2, 0.25) is 0 Å². The number of aliphatic carboxylic acids is 1. The normalized spacial score (nSPS) is 11.4. The fourth-order valence-electron chi connectivity index (χ4n) is 3.72. The van der Waals surface area contributed by atoms with Crippen LogP contribution >= 0.6 is 15.9 Å². The molecule has 0 radical (unpaired) electrons. The lowest BCUT2D eigenvalue weighted by Crippen LogP contribution is -2.20. The van der Waals surface area contributed by atoms with Gasteiger partial charge in [-0.25, -0.2) is 9.78 Å². The van der Waals surface area contributed by atoms with Crippen LogP contribution in [0.3, 0.4) is 0 Å². The Hall–Kier alpha value is -4.44. The molecular formula is C26H18BrN3O6. The number of fused-ring (bicyclic) bond motifs is 2. The minimum atomic E-state index is -1.14. The van der Waals surface area contributed by atoms with E-state index >= 15 is 0 Å². The van der Waals surface area contributed by atoms with Crippen molar-refractivity contribution in [1.29, 1.82) is 0 Å². The average Bonchev–Trinajstić information content (AvgIpc) is 3.30. The maximum Gasteiger partial charge on any atom is 0.341 e. The number of carboxylic acid groups (broad SMARTS) is 1. The molecule has 3 aromatic carbocycles. The Morgan fingerprint density at radius 2 is 2.00 bits per heavy atom. The molecule has 0 saturated heterocycles. The van der Waals surface area contributed by atoms with Gasteiger partial charge in [0.05, 0.1) is 24.2 Å². The van der Waals surface area contributed by atoms with E-state index in [1.54, 1.807) is 48.5 Å². The molecule has 180 valence electrons. The molecule has 0 aliphatic carbocycles. The van der Waals surface area contributed by atoms with E-state index in [1.807, 2.05) is 18.2 Å². The molecule has 0 spiro atoms. The third-order valence-corrected chi connectivity index (χ3v) is 5.83. The number of nitrogens with zero attached hydrogens (tertiary/aromatic N) is 3. The van der Waals surface area contributed by atoms with Gasteiger partial charge in [0.15, 0.2) is 23.9 Å². The average molecular weight is 548 g/mol. The van der Waals surface area contributed by atoms with Crippen LogP contribution < -0.4 is 15.0 Å². The summed E-state index contributed by atoms with van der Waals surface area (Å²) in [6, 6.07) is 19.3. The molecule has 0 amide bonds. The number of benzene rings is 3. The van der Waals surface area contributed by atoms with Crippen molar-refractivity contribution in [2.45, 2.75) is 0 Å². The lowest BCUT2D eigenvalue weighted by atomic mass is 10.2. The summed E-state index contributed by atoms with van der Waals surface area (Å²) in [4.78, 5) is 29.2. The van der Waals surface area contributed by atoms with Crippen LogP contribution in [0.1, 0.15) is 5.56 Å². The smallest absolute Gasteiger partial charge is 0.341 e. The molecule has 0 bridgehead atoms. The van der Waals surface area contributed by atoms with Crippen LogP contribution in [0.15, 0.2) is 85.5 Å². The third-order valence-electron chi connectivity index (χ3n) is 5.33. The lowest BCUT2D eigenvalue weighted by molar-refractivity contribution is -0.139. The molecule has 36 heavy (non-hydrogen) atoms. The van der Waals surface area contributed by atoms with Crippen LogP contribution in [0.4, 0.5) is 0 Å². The highest BCUT2D eigenvalue weighted by molar-refractivity contribution is 9.10. The molecule has 5 aromatic rings. The Morgan fingerprint density at radius 3 is 2.81 bits per heavy atom. The third kappa shape index (κ3) is 4.46. The molecule has 0 aliphatic rings. The molecule has 2 heterocycles. The predicted octanol–water partition coefficient (Wildman–Crippen LogP) is 4.93. The molecule has 0 fully saturated rings. The van der Waals surface area contributed by atoms with E-state index < -0.39 is 18.1 Å². The summed E-state index contributed by atoms with van der Waals surface area (Å²) in [6.07, 6.45) is 1.39. The molecule has 0 atom stereocenters. The maximum atomic E-state index is 13.5. The summed E-state index contributed by atoms with van der Waals surface area (Å²) in [5, 5.41) is 14.7. The molecular weight excluding hydrogens is 530 g/mol. The second-order valence-electron chi connectivity index (χ2n) is 7.67. The van der Waals surface area contributed by atoms with E-state index in [0.717, 1.165) is 14.5 Å². The molecule has 5 rings (SSSR count). The van der Waals surface area contributed by atoms with E-state index in [-0.39, 0.29) is 11.6 Å². The van der Waals surface area contributed by atoms with Crippen molar-refractivity contribution in [2.75, 3.05) is 13.7 Å². The van der Waals surface area contributed by atoms with Gasteiger partial charge < -0.3 is 19.0 Å². The number of methoxy groups -OCH3 is 1. The number of halogens is 1. The summed E-state index contributed by atoms with van der Waals surface area (Å²) in [7, 11) is 1.44. The van der Waals surface area contributed by atoms with E-state index in [1.165, 1.54) is 13.3 Å². The number of aromatic nitrogens is 2. The molecule has 2 aromatic heterocycles. The largest absolute Gasteiger partial charge is 0.493 e. The molecule has 1 N–H and O–H groups in total. The Bertz CT molecular complexity index is 1710. The predicted molar refractivity (Wildman–Crippen MR) is 138 cm³/mol. The first-order valence-corrected chi connectivity index (χ1v) is 11.5. The Labute approximate surface area is 212 Å². The van der Waals surface area contributed by atoms with Crippen LogP contribution in [0.5, 0.6) is 11.5 Å². The molecule has 10 heteroatoms. The summed E-state index contributed by atoms with van der Waals surface area (Å²) < 4.78 is 18.8. The first-order valence-electron chi connectivity index (χ1n) is 10.7. The van der Waals surface area contributed by atoms with E-state index in [4.69, 9.17) is 19.0 Å². The summed E-state index contributed by atoms with van der Waals surface area (Å²) in [5.74, 6) is -0.0674. The molecule has 0 unspecified atom stereocenters. The fraction of sp³-hybridized carbons (Fsp3) is 0.0769. The number of hydrogen-bond acceptors (Lipinski definition) is 7. The van der Waals surface area contributed by atoms with Crippen LogP contribution in [-0.2, 0) is 4.79 Å². The Kier molecular flexibility index (Phi) is 6.26. The van der Waals surface area contributed by atoms with Gasteiger partial charge in [0.1, 0.15) is 5.58 Å². The van der Waals surface area contributed by atoms with Crippen molar-refractivity contribution in [2.24, 2.45) is 5.10 Å². The molecule has 0 aliphatic heterocycles. The van der Waals surface area contributed by atoms with Gasteiger partial charge in [-0.2, -0.15) is 9.78 Å². The van der Waals surface area contributed by atoms with Crippen molar-refractivity contribution >= 4 is 50.0 Å². The zero-order valence-corrected chi connectivity index (χ0v) is 20.4. The highest BCUT2D eigenvalue weighted by Gasteiger charge is 2.17. The van der Waals surface area contributed by atoms with Crippen molar-refractivity contribution in [3.05, 3.63) is 87.1 Å². The lowest BCUT2D eigenvalue weighted by Gasteiger charge is -2.12. The zero-order chi connectivity index (χ0) is 25.2. The number of carbonyl (C=O) groups is 1. The van der Waals surface area contributed by atoms with Gasteiger partial charge in [-0.3, -0.25) is 4.79 Å². The van der Waals surface area contributed by atoms with Crippen molar-refractivity contribution in [3.8, 4) is 23.1 Å². The summed E-state index contributed by atoms with van der Waals surface area (Å²) in [5.41, 5.74) is 1.14. The van der Waals surface area contributed by atoms with Gasteiger partial charge in [-0.15, -0.1) is 0 Å². The Morgan fingerprint density at radius 1 is 1.17 bits per heavy atom. The minimum absolute atomic E-state index is 0.183. The standard InChI is InChI=1S/C26H18BrN3O6/c1-34-21-8-4-5-15(24(21)35-14-23(31)32)13-28-30-25(29-19-7-3-2-6-18(19)26(30)33)22-12-16-11-17(27)9-10-20(16)36-22/h2-13H,14H2,1H3,(H,31,32). The topological polar surface area (TPSA) is 116 Å². The molecule has 0 saturated carbocycles. The highest BCUT2D eigenvalue weighted by Crippen LogP contribution is 2.31. The quantitative estimate of drug-likeness (QED) is 0.287. The van der Waals surface area contributed by atoms with Gasteiger partial charge in [0.2, 0.25) is 5.82 Å². The SMILES string of the molecule is COc1cccc(C=Nn2c(-c3cc4cc(Br)ccc4o3)nc3ccccc3c2=O)c1OCC(=O)O. The second-order valence-corrected chi connectivity index (χ2v) is 8.58. The van der Waals surface area contributed by atoms with Gasteiger partial charge >= 0.3 is 5.97 Å². The number of ether oxygens (including phenoxy) is 2. The number of furan rings is 1. The van der Waals surface area contributed by atoms with E-state index in [0.29, 0.717) is 33.6 Å². The van der Waals surface area contributed by atoms with E-state index in [9.17, 15) is 9.59 Å². The van der Waals surface area contributed by atoms with Gasteiger partial charge in [0, 0.05) is 15.4 Å². The fourth-order valence-corrected chi connectivity index (χ4v) is 4.10. The van der Waals surface area contributed by atoms with Crippen LogP contribution in [0.25, 0.3) is 33.5 Å². The second kappa shape index (κ2) is 9.67. The number of rotatable bonds is 7. The van der Waals surface area contributed by atoms with Crippen molar-refractivity contribution < 1.29 is 23.8 Å². The first kappa shape index (κ1) is 23.3. The van der Waals surface area contributed by atoms with Crippen molar-refractivity contribution in [3.63, 3.8) is 0 Å². The van der Waals surface area contributed by atoms with Crippen molar-refractivity contribution in [1.82, 2.24) is 9.66 Å². The number of carboxylic acids is 1. The van der Waals surface area contributed by atoms with Gasteiger partial charge in [-0.1, -0.05) is 34.1 Å². The summed E-state index contributed by atoms with van der Waals surface area (Å²) >= 11 is 3.45. The molecule has 9 nitrogen and oxygen atoms in total. The highest BCUT2D eigenvalue weighted by atomic mass is 79.9. The van der Waals surface area contributed by atoms with Gasteiger partial charge in [-0.05, 0) is 48.5 Å². The first-order chi connectivity index (χ1) is 17.4. The summed E-state index contributed by atoms with van der Waals surface area (Å²) in [6.45, 7) is -0.571. The van der Waals surface area contributed by atoms with Crippen LogP contribution in [-0.4, -0.2) is 40.7 Å². The number of para-hydroxylation sites is 2.